The summed E-state index contributed by atoms with van der Waals surface area (Å²) in [5.74, 6) is 0. The van der Waals surface area contributed by atoms with E-state index in [9.17, 15) is 0 Å². The van der Waals surface area contributed by atoms with Crippen LogP contribution in [0.4, 0.5) is 0 Å². The van der Waals surface area contributed by atoms with Gasteiger partial charge in [-0.05, 0) is 31.5 Å². The van der Waals surface area contributed by atoms with Gasteiger partial charge in [-0.25, -0.2) is 0 Å². The van der Waals surface area contributed by atoms with Crippen LogP contribution in [0, 0.1) is 0 Å². The van der Waals surface area contributed by atoms with Gasteiger partial charge >= 0.3 is 0 Å². The van der Waals surface area contributed by atoms with Crippen molar-refractivity contribution in [2.75, 3.05) is 32.7 Å². The first-order valence-corrected chi connectivity index (χ1v) is 8.09. The van der Waals surface area contributed by atoms with Gasteiger partial charge in [-0.15, -0.1) is 0 Å². The highest BCUT2D eigenvalue weighted by atomic mass is 15.3. The summed E-state index contributed by atoms with van der Waals surface area (Å²) in [7, 11) is 0. The van der Waals surface area contributed by atoms with Gasteiger partial charge in [0.1, 0.15) is 0 Å². The van der Waals surface area contributed by atoms with Gasteiger partial charge in [0.25, 0.3) is 0 Å². The third-order valence-electron chi connectivity index (χ3n) is 4.79. The smallest absolute Gasteiger partial charge is 0.0348 e. The molecule has 0 radical (unpaired) electrons. The summed E-state index contributed by atoms with van der Waals surface area (Å²) < 4.78 is 0. The summed E-state index contributed by atoms with van der Waals surface area (Å²) in [6, 6.07) is 12.4. The maximum absolute atomic E-state index is 3.41. The highest BCUT2D eigenvalue weighted by Crippen LogP contribution is 2.21. The SMILES string of the molecule is CCN(C1CNC1)C1CCCN(Cc2ccccc2)C1. The maximum Gasteiger partial charge on any atom is 0.0348 e. The van der Waals surface area contributed by atoms with Gasteiger partial charge in [-0.1, -0.05) is 37.3 Å². The molecule has 2 fully saturated rings. The minimum absolute atomic E-state index is 0.754. The molecule has 1 aromatic rings. The molecule has 110 valence electrons. The Bertz CT molecular complexity index is 402. The molecule has 0 bridgehead atoms. The first-order valence-electron chi connectivity index (χ1n) is 8.09. The Hall–Kier alpha value is -0.900. The molecule has 2 aliphatic rings. The maximum atomic E-state index is 3.41. The number of rotatable bonds is 5. The highest BCUT2D eigenvalue weighted by Gasteiger charge is 2.31. The molecule has 0 amide bonds. The zero-order chi connectivity index (χ0) is 13.8. The normalized spacial score (nSPS) is 24.8. The second-order valence-electron chi connectivity index (χ2n) is 6.16. The molecule has 3 heteroatoms. The molecule has 20 heavy (non-hydrogen) atoms. The van der Waals surface area contributed by atoms with Crippen molar-refractivity contribution in [1.82, 2.24) is 15.1 Å². The number of nitrogens with zero attached hydrogens (tertiary/aromatic N) is 2. The third kappa shape index (κ3) is 3.22. The molecule has 1 unspecified atom stereocenters. The molecule has 2 heterocycles. The van der Waals surface area contributed by atoms with E-state index in [0.29, 0.717) is 0 Å². The summed E-state index contributed by atoms with van der Waals surface area (Å²) in [6.45, 7) is 9.47. The van der Waals surface area contributed by atoms with Crippen LogP contribution >= 0.6 is 0 Å². The Labute approximate surface area is 123 Å². The van der Waals surface area contributed by atoms with Crippen LogP contribution in [0.2, 0.25) is 0 Å². The average Bonchev–Trinajstić information content (AvgIpc) is 2.44. The molecular weight excluding hydrogens is 246 g/mol. The summed E-state index contributed by atoms with van der Waals surface area (Å²) in [5.41, 5.74) is 1.45. The molecule has 0 spiro atoms. The van der Waals surface area contributed by atoms with Crippen molar-refractivity contribution >= 4 is 0 Å². The first-order chi connectivity index (χ1) is 9.86. The molecule has 0 aromatic heterocycles. The van der Waals surface area contributed by atoms with Gasteiger partial charge in [0.05, 0.1) is 0 Å². The van der Waals surface area contributed by atoms with Gasteiger partial charge in [0.15, 0.2) is 0 Å². The van der Waals surface area contributed by atoms with Crippen LogP contribution in [0.1, 0.15) is 25.3 Å². The van der Waals surface area contributed by atoms with Crippen LogP contribution in [-0.4, -0.2) is 54.6 Å². The number of likely N-dealkylation sites (N-methyl/N-ethyl adjacent to an activating group) is 1. The number of hydrogen-bond acceptors (Lipinski definition) is 3. The lowest BCUT2D eigenvalue weighted by Gasteiger charge is -2.46. The molecule has 2 aliphatic heterocycles. The molecule has 3 rings (SSSR count). The first kappa shape index (κ1) is 14.1. The van der Waals surface area contributed by atoms with Crippen LogP contribution in [0.5, 0.6) is 0 Å². The van der Waals surface area contributed by atoms with Crippen molar-refractivity contribution in [1.29, 1.82) is 0 Å². The van der Waals surface area contributed by atoms with E-state index in [1.54, 1.807) is 0 Å². The van der Waals surface area contributed by atoms with Gasteiger partial charge < -0.3 is 5.32 Å². The predicted molar refractivity (Wildman–Crippen MR) is 83.8 cm³/mol. The van der Waals surface area contributed by atoms with Crippen molar-refractivity contribution in [2.45, 2.75) is 38.4 Å². The summed E-state index contributed by atoms with van der Waals surface area (Å²) in [4.78, 5) is 5.37. The van der Waals surface area contributed by atoms with E-state index in [-0.39, 0.29) is 0 Å². The molecule has 1 aromatic carbocycles. The average molecular weight is 273 g/mol. The second-order valence-corrected chi connectivity index (χ2v) is 6.16. The molecule has 1 atom stereocenters. The molecule has 1 N–H and O–H groups in total. The number of benzene rings is 1. The van der Waals surface area contributed by atoms with E-state index in [1.807, 2.05) is 0 Å². The van der Waals surface area contributed by atoms with Crippen LogP contribution in [-0.2, 0) is 6.54 Å². The van der Waals surface area contributed by atoms with Crippen LogP contribution in [0.25, 0.3) is 0 Å². The molecule has 0 saturated carbocycles. The van der Waals surface area contributed by atoms with Crippen LogP contribution in [0.3, 0.4) is 0 Å². The lowest BCUT2D eigenvalue weighted by atomic mass is 9.99. The molecule has 0 aliphatic carbocycles. The summed E-state index contributed by atoms with van der Waals surface area (Å²) in [6.07, 6.45) is 2.71. The fraction of sp³-hybridized carbons (Fsp3) is 0.647. The number of hydrogen-bond donors (Lipinski definition) is 1. The van der Waals surface area contributed by atoms with Crippen LogP contribution in [0.15, 0.2) is 30.3 Å². The number of piperidine rings is 1. The van der Waals surface area contributed by atoms with Gasteiger partial charge in [0.2, 0.25) is 0 Å². The zero-order valence-electron chi connectivity index (χ0n) is 12.6. The zero-order valence-corrected chi connectivity index (χ0v) is 12.6. The lowest BCUT2D eigenvalue weighted by molar-refractivity contribution is 0.0457. The Balaban J connectivity index is 1.58. The Morgan fingerprint density at radius 2 is 2.00 bits per heavy atom. The topological polar surface area (TPSA) is 18.5 Å². The summed E-state index contributed by atoms with van der Waals surface area (Å²) >= 11 is 0. The van der Waals surface area contributed by atoms with Crippen molar-refractivity contribution in [2.24, 2.45) is 0 Å². The van der Waals surface area contributed by atoms with E-state index >= 15 is 0 Å². The van der Waals surface area contributed by atoms with Crippen LogP contribution < -0.4 is 5.32 Å². The Morgan fingerprint density at radius 1 is 1.20 bits per heavy atom. The summed E-state index contributed by atoms with van der Waals surface area (Å²) in [5, 5.41) is 3.41. The van der Waals surface area contributed by atoms with Gasteiger partial charge in [0, 0.05) is 38.3 Å². The quantitative estimate of drug-likeness (QED) is 0.884. The van der Waals surface area contributed by atoms with Crippen molar-refractivity contribution in [3.63, 3.8) is 0 Å². The predicted octanol–water partition coefficient (Wildman–Crippen LogP) is 1.94. The minimum Gasteiger partial charge on any atom is -0.314 e. The van der Waals surface area contributed by atoms with E-state index in [1.165, 1.54) is 51.1 Å². The van der Waals surface area contributed by atoms with Gasteiger partial charge in [-0.3, -0.25) is 9.80 Å². The Kier molecular flexibility index (Phi) is 4.71. The largest absolute Gasteiger partial charge is 0.314 e. The monoisotopic (exact) mass is 273 g/mol. The Morgan fingerprint density at radius 3 is 2.65 bits per heavy atom. The van der Waals surface area contributed by atoms with E-state index in [0.717, 1.165) is 18.6 Å². The van der Waals surface area contributed by atoms with Crippen molar-refractivity contribution in [3.8, 4) is 0 Å². The molecule has 3 nitrogen and oxygen atoms in total. The van der Waals surface area contributed by atoms with Gasteiger partial charge in [-0.2, -0.15) is 0 Å². The second kappa shape index (κ2) is 6.70. The number of likely N-dealkylation sites (tertiary alicyclic amines) is 1. The van der Waals surface area contributed by atoms with E-state index < -0.39 is 0 Å². The fourth-order valence-electron chi connectivity index (χ4n) is 3.61. The van der Waals surface area contributed by atoms with E-state index in [4.69, 9.17) is 0 Å². The highest BCUT2D eigenvalue weighted by molar-refractivity contribution is 5.14. The fourth-order valence-corrected chi connectivity index (χ4v) is 3.61. The number of nitrogens with one attached hydrogen (secondary N) is 1. The van der Waals surface area contributed by atoms with Crippen molar-refractivity contribution in [3.05, 3.63) is 35.9 Å². The molecular formula is C17H27N3. The minimum atomic E-state index is 0.754. The van der Waals surface area contributed by atoms with E-state index in [2.05, 4.69) is 52.4 Å². The lowest BCUT2D eigenvalue weighted by Crippen LogP contribution is -2.62. The third-order valence-corrected chi connectivity index (χ3v) is 4.79. The van der Waals surface area contributed by atoms with Crippen molar-refractivity contribution < 1.29 is 0 Å². The molecule has 2 saturated heterocycles. The standard InChI is InChI=1S/C17H27N3/c1-2-20(17-11-18-12-17)16-9-6-10-19(14-16)13-15-7-4-3-5-8-15/h3-5,7-8,16-18H,2,6,9-14H2,1H3.